The zero-order valence-corrected chi connectivity index (χ0v) is 22.7. The predicted molar refractivity (Wildman–Crippen MR) is 152 cm³/mol. The van der Waals surface area contributed by atoms with E-state index in [1.54, 1.807) is 37.3 Å². The van der Waals surface area contributed by atoms with Crippen LogP contribution in [0.4, 0.5) is 0 Å². The van der Waals surface area contributed by atoms with E-state index in [9.17, 15) is 14.4 Å². The van der Waals surface area contributed by atoms with Crippen LogP contribution in [0.15, 0.2) is 77.6 Å². The molecule has 0 radical (unpaired) electrons. The fourth-order valence-corrected chi connectivity index (χ4v) is 4.57. The standard InChI is InChI=1S/C30H31ClN4O4/c1-3-39-30(38)26(34(17-7-16-32)28(36)22-12-10-20(2)11-13-22)27-33-25-18-23(31)14-15-24(25)29(37)35(27)19-21-8-5-4-6-9-21/h4-6,8-15,18,26H,3,7,16-17,19,32H2,1-2H3. The van der Waals surface area contributed by atoms with Crippen LogP contribution in [0.5, 0.6) is 0 Å². The minimum absolute atomic E-state index is 0.0844. The topological polar surface area (TPSA) is 108 Å². The van der Waals surface area contributed by atoms with Gasteiger partial charge in [0.05, 0.1) is 24.1 Å². The molecule has 2 N–H and O–H groups in total. The lowest BCUT2D eigenvalue weighted by Crippen LogP contribution is -2.44. The summed E-state index contributed by atoms with van der Waals surface area (Å²) in [6.45, 7) is 4.28. The molecule has 0 aliphatic carbocycles. The SMILES string of the molecule is CCOC(=O)C(c1nc2cc(Cl)ccc2c(=O)n1Cc1ccccc1)N(CCCN)C(=O)c1ccc(C)cc1. The molecule has 9 heteroatoms. The smallest absolute Gasteiger partial charge is 0.336 e. The molecule has 4 rings (SSSR count). The monoisotopic (exact) mass is 546 g/mol. The number of ether oxygens (including phenoxy) is 1. The number of rotatable bonds is 10. The largest absolute Gasteiger partial charge is 0.464 e. The first-order chi connectivity index (χ1) is 18.8. The van der Waals surface area contributed by atoms with E-state index in [2.05, 4.69) is 0 Å². The van der Waals surface area contributed by atoms with Crippen molar-refractivity contribution in [1.29, 1.82) is 0 Å². The normalized spacial score (nSPS) is 11.8. The molecule has 0 bridgehead atoms. The Balaban J connectivity index is 1.97. The van der Waals surface area contributed by atoms with E-state index in [4.69, 9.17) is 27.1 Å². The van der Waals surface area contributed by atoms with Crippen molar-refractivity contribution in [3.63, 3.8) is 0 Å². The number of halogens is 1. The maximum atomic E-state index is 13.9. The van der Waals surface area contributed by atoms with Gasteiger partial charge in [-0.3, -0.25) is 14.2 Å². The predicted octanol–water partition coefficient (Wildman–Crippen LogP) is 4.50. The van der Waals surface area contributed by atoms with Crippen molar-refractivity contribution in [3.05, 3.63) is 111 Å². The Morgan fingerprint density at radius 2 is 1.79 bits per heavy atom. The third-order valence-electron chi connectivity index (χ3n) is 6.36. The Morgan fingerprint density at radius 1 is 1.08 bits per heavy atom. The summed E-state index contributed by atoms with van der Waals surface area (Å²) in [6, 6.07) is 20.0. The molecule has 0 spiro atoms. The highest BCUT2D eigenvalue weighted by Crippen LogP contribution is 2.26. The lowest BCUT2D eigenvalue weighted by atomic mass is 10.1. The summed E-state index contributed by atoms with van der Waals surface area (Å²) in [5.74, 6) is -0.993. The van der Waals surface area contributed by atoms with Crippen LogP contribution in [0.3, 0.4) is 0 Å². The molecular formula is C30H31ClN4O4. The van der Waals surface area contributed by atoms with Gasteiger partial charge in [0.2, 0.25) is 0 Å². The molecule has 1 atom stereocenters. The van der Waals surface area contributed by atoms with Crippen LogP contribution in [0.1, 0.15) is 46.7 Å². The molecule has 3 aromatic carbocycles. The van der Waals surface area contributed by atoms with Gasteiger partial charge in [0, 0.05) is 17.1 Å². The van der Waals surface area contributed by atoms with Crippen molar-refractivity contribution in [3.8, 4) is 0 Å². The minimum Gasteiger partial charge on any atom is -0.464 e. The third-order valence-corrected chi connectivity index (χ3v) is 6.59. The molecule has 1 heterocycles. The number of carbonyl (C=O) groups is 2. The molecule has 0 aliphatic rings. The van der Waals surface area contributed by atoms with Crippen LogP contribution in [-0.4, -0.2) is 46.0 Å². The second kappa shape index (κ2) is 12.7. The lowest BCUT2D eigenvalue weighted by molar-refractivity contribution is -0.149. The van der Waals surface area contributed by atoms with Gasteiger partial charge < -0.3 is 15.4 Å². The number of carbonyl (C=O) groups excluding carboxylic acids is 2. The molecule has 202 valence electrons. The molecule has 1 amide bonds. The van der Waals surface area contributed by atoms with Gasteiger partial charge in [-0.25, -0.2) is 9.78 Å². The first-order valence-corrected chi connectivity index (χ1v) is 13.2. The fraction of sp³-hybridized carbons (Fsp3) is 0.267. The van der Waals surface area contributed by atoms with Gasteiger partial charge in [-0.15, -0.1) is 0 Å². The van der Waals surface area contributed by atoms with Crippen LogP contribution in [-0.2, 0) is 16.1 Å². The highest BCUT2D eigenvalue weighted by Gasteiger charge is 2.37. The average Bonchev–Trinajstić information content (AvgIpc) is 2.93. The summed E-state index contributed by atoms with van der Waals surface area (Å²) >= 11 is 6.24. The van der Waals surface area contributed by atoms with Crippen molar-refractivity contribution >= 4 is 34.4 Å². The van der Waals surface area contributed by atoms with Gasteiger partial charge in [-0.1, -0.05) is 59.6 Å². The van der Waals surface area contributed by atoms with Crippen molar-refractivity contribution in [2.24, 2.45) is 5.73 Å². The number of amides is 1. The van der Waals surface area contributed by atoms with Crippen molar-refractivity contribution in [2.45, 2.75) is 32.9 Å². The summed E-state index contributed by atoms with van der Waals surface area (Å²) in [5, 5.41) is 0.740. The fourth-order valence-electron chi connectivity index (χ4n) is 4.40. The molecule has 4 aromatic rings. The second-order valence-corrected chi connectivity index (χ2v) is 9.61. The average molecular weight is 547 g/mol. The van der Waals surface area contributed by atoms with Gasteiger partial charge in [0.15, 0.2) is 6.04 Å². The quantitative estimate of drug-likeness (QED) is 0.293. The van der Waals surface area contributed by atoms with E-state index in [1.807, 2.05) is 49.4 Å². The van der Waals surface area contributed by atoms with Gasteiger partial charge in [0.25, 0.3) is 11.5 Å². The number of esters is 1. The van der Waals surface area contributed by atoms with E-state index in [-0.39, 0.29) is 31.1 Å². The number of hydrogen-bond donors (Lipinski definition) is 1. The van der Waals surface area contributed by atoms with Crippen LogP contribution < -0.4 is 11.3 Å². The summed E-state index contributed by atoms with van der Waals surface area (Å²) in [6.07, 6.45) is 0.426. The van der Waals surface area contributed by atoms with E-state index in [0.717, 1.165) is 11.1 Å². The number of aryl methyl sites for hydroxylation is 1. The highest BCUT2D eigenvalue weighted by molar-refractivity contribution is 6.31. The van der Waals surface area contributed by atoms with Crippen LogP contribution in [0.2, 0.25) is 5.02 Å². The Hall–Kier alpha value is -4.01. The maximum Gasteiger partial charge on any atom is 0.336 e. The van der Waals surface area contributed by atoms with E-state index < -0.39 is 17.9 Å². The first-order valence-electron chi connectivity index (χ1n) is 12.8. The summed E-state index contributed by atoms with van der Waals surface area (Å²) in [7, 11) is 0. The van der Waals surface area contributed by atoms with Gasteiger partial charge in [0.1, 0.15) is 5.82 Å². The van der Waals surface area contributed by atoms with Gasteiger partial charge >= 0.3 is 5.97 Å². The van der Waals surface area contributed by atoms with E-state index in [1.165, 1.54) is 9.47 Å². The molecule has 0 saturated heterocycles. The van der Waals surface area contributed by atoms with E-state index in [0.29, 0.717) is 34.5 Å². The Morgan fingerprint density at radius 3 is 2.46 bits per heavy atom. The third kappa shape index (κ3) is 6.35. The van der Waals surface area contributed by atoms with Crippen LogP contribution >= 0.6 is 11.6 Å². The zero-order valence-electron chi connectivity index (χ0n) is 22.0. The molecule has 1 aromatic heterocycles. The molecule has 0 aliphatic heterocycles. The van der Waals surface area contributed by atoms with Crippen molar-refractivity contribution in [2.75, 3.05) is 19.7 Å². The summed E-state index contributed by atoms with van der Waals surface area (Å²) < 4.78 is 6.90. The Labute approximate surface area is 232 Å². The lowest BCUT2D eigenvalue weighted by Gasteiger charge is -2.31. The number of nitrogens with zero attached hydrogens (tertiary/aromatic N) is 3. The summed E-state index contributed by atoms with van der Waals surface area (Å²) in [5.41, 5.74) is 8.00. The molecule has 1 unspecified atom stereocenters. The van der Waals surface area contributed by atoms with Crippen molar-refractivity contribution in [1.82, 2.24) is 14.5 Å². The number of aromatic nitrogens is 2. The van der Waals surface area contributed by atoms with Crippen molar-refractivity contribution < 1.29 is 14.3 Å². The Bertz CT molecular complexity index is 1520. The second-order valence-electron chi connectivity index (χ2n) is 9.17. The zero-order chi connectivity index (χ0) is 27.9. The molecule has 8 nitrogen and oxygen atoms in total. The highest BCUT2D eigenvalue weighted by atomic mass is 35.5. The van der Waals surface area contributed by atoms with E-state index >= 15 is 0 Å². The molecule has 0 saturated carbocycles. The number of nitrogens with two attached hydrogens (primary N) is 1. The molecule has 0 fully saturated rings. The Kier molecular flexibility index (Phi) is 9.11. The number of benzene rings is 3. The summed E-state index contributed by atoms with van der Waals surface area (Å²) in [4.78, 5) is 47.6. The van der Waals surface area contributed by atoms with Gasteiger partial charge in [-0.2, -0.15) is 0 Å². The minimum atomic E-state index is -1.30. The maximum absolute atomic E-state index is 13.9. The van der Waals surface area contributed by atoms with Crippen LogP contribution in [0, 0.1) is 6.92 Å². The number of hydrogen-bond acceptors (Lipinski definition) is 6. The van der Waals surface area contributed by atoms with Gasteiger partial charge in [-0.05, 0) is 62.7 Å². The molecular weight excluding hydrogens is 516 g/mol. The van der Waals surface area contributed by atoms with Crippen LogP contribution in [0.25, 0.3) is 10.9 Å². The first kappa shape index (κ1) is 28.0. The number of fused-ring (bicyclic) bond motifs is 1. The molecule has 39 heavy (non-hydrogen) atoms.